The lowest BCUT2D eigenvalue weighted by molar-refractivity contribution is 0.192. The molecule has 0 radical (unpaired) electrons. The van der Waals surface area contributed by atoms with Gasteiger partial charge in [-0.15, -0.1) is 11.3 Å². The minimum absolute atomic E-state index is 0.310. The maximum atomic E-state index is 11.9. The van der Waals surface area contributed by atoms with E-state index in [1.807, 2.05) is 0 Å². The highest BCUT2D eigenvalue weighted by molar-refractivity contribution is 7.91. The normalized spacial score (nSPS) is 18.9. The number of thiophene rings is 1. The molecule has 1 fully saturated rings. The highest BCUT2D eigenvalue weighted by Gasteiger charge is 2.23. The van der Waals surface area contributed by atoms with Gasteiger partial charge >= 0.3 is 0 Å². The van der Waals surface area contributed by atoms with Crippen molar-refractivity contribution in [2.75, 3.05) is 45.5 Å². The van der Waals surface area contributed by atoms with E-state index in [1.54, 1.807) is 17.5 Å². The second kappa shape index (κ2) is 6.71. The van der Waals surface area contributed by atoms with E-state index >= 15 is 0 Å². The predicted octanol–water partition coefficient (Wildman–Crippen LogP) is -0.396. The molecule has 1 aromatic rings. The van der Waals surface area contributed by atoms with E-state index in [0.29, 0.717) is 43.5 Å². The second-order valence-electron chi connectivity index (χ2n) is 4.83. The first-order valence-electron chi connectivity index (χ1n) is 6.50. The molecule has 21 heavy (non-hydrogen) atoms. The van der Waals surface area contributed by atoms with Crippen molar-refractivity contribution in [2.24, 2.45) is 0 Å². The molecule has 1 aliphatic rings. The summed E-state index contributed by atoms with van der Waals surface area (Å²) in [7, 11) is -6.54. The van der Waals surface area contributed by atoms with Gasteiger partial charge in [-0.25, -0.2) is 21.6 Å². The molecule has 1 aliphatic heterocycles. The third-order valence-electron chi connectivity index (χ3n) is 3.28. The minimum atomic E-state index is -3.42. The van der Waals surface area contributed by atoms with E-state index in [0.717, 1.165) is 0 Å². The van der Waals surface area contributed by atoms with Crippen LogP contribution in [0, 0.1) is 0 Å². The first-order valence-corrected chi connectivity index (χ1v) is 10.7. The number of rotatable bonds is 6. The Kier molecular flexibility index (Phi) is 5.38. The Morgan fingerprint density at radius 1 is 1.19 bits per heavy atom. The van der Waals surface area contributed by atoms with E-state index in [2.05, 4.69) is 9.62 Å². The standard InChI is InChI=1S/C11H19N3O4S3/c1-20(15,16)14-8-6-13(7-9-14)5-4-12-21(17,18)11-3-2-10-19-11/h2-3,10,12H,4-9H2,1H3. The quantitative estimate of drug-likeness (QED) is 0.752. The molecule has 120 valence electrons. The summed E-state index contributed by atoms with van der Waals surface area (Å²) in [6.45, 7) is 3.04. The lowest BCUT2D eigenvalue weighted by atomic mass is 10.3. The summed E-state index contributed by atoms with van der Waals surface area (Å²) in [5.74, 6) is 0. The van der Waals surface area contributed by atoms with Gasteiger partial charge in [-0.3, -0.25) is 4.90 Å². The molecule has 0 bridgehead atoms. The van der Waals surface area contributed by atoms with Crippen molar-refractivity contribution >= 4 is 31.4 Å². The van der Waals surface area contributed by atoms with Gasteiger partial charge in [0.05, 0.1) is 6.26 Å². The van der Waals surface area contributed by atoms with Crippen LogP contribution in [0.5, 0.6) is 0 Å². The van der Waals surface area contributed by atoms with Crippen molar-refractivity contribution < 1.29 is 16.8 Å². The summed E-state index contributed by atoms with van der Waals surface area (Å²) in [5, 5.41) is 1.72. The van der Waals surface area contributed by atoms with Crippen LogP contribution < -0.4 is 4.72 Å². The van der Waals surface area contributed by atoms with Crippen LogP contribution in [0.3, 0.4) is 0 Å². The van der Waals surface area contributed by atoms with Crippen molar-refractivity contribution in [1.82, 2.24) is 13.9 Å². The number of hydrogen-bond acceptors (Lipinski definition) is 6. The fraction of sp³-hybridized carbons (Fsp3) is 0.636. The summed E-state index contributed by atoms with van der Waals surface area (Å²) in [6, 6.07) is 3.27. The largest absolute Gasteiger partial charge is 0.299 e. The maximum absolute atomic E-state index is 11.9. The van der Waals surface area contributed by atoms with E-state index < -0.39 is 20.0 Å². The molecule has 0 unspecified atom stereocenters. The van der Waals surface area contributed by atoms with Crippen LogP contribution in [0.4, 0.5) is 0 Å². The van der Waals surface area contributed by atoms with Gasteiger partial charge in [-0.05, 0) is 11.4 Å². The number of nitrogens with one attached hydrogen (secondary N) is 1. The van der Waals surface area contributed by atoms with Crippen LogP contribution >= 0.6 is 11.3 Å². The summed E-state index contributed by atoms with van der Waals surface area (Å²) in [6.07, 6.45) is 1.21. The van der Waals surface area contributed by atoms with Gasteiger partial charge in [-0.1, -0.05) is 6.07 Å². The average molecular weight is 353 g/mol. The van der Waals surface area contributed by atoms with Crippen LogP contribution in [0.25, 0.3) is 0 Å². The summed E-state index contributed by atoms with van der Waals surface area (Å²) < 4.78 is 50.9. The molecule has 0 aromatic carbocycles. The molecule has 10 heteroatoms. The summed E-state index contributed by atoms with van der Waals surface area (Å²) in [4.78, 5) is 2.05. The first kappa shape index (κ1) is 16.8. The van der Waals surface area contributed by atoms with Crippen LogP contribution in [0.2, 0.25) is 0 Å². The zero-order valence-electron chi connectivity index (χ0n) is 11.7. The van der Waals surface area contributed by atoms with E-state index in [-0.39, 0.29) is 0 Å². The van der Waals surface area contributed by atoms with Crippen molar-refractivity contribution in [3.8, 4) is 0 Å². The zero-order chi connectivity index (χ0) is 15.5. The number of sulfonamides is 2. The van der Waals surface area contributed by atoms with Gasteiger partial charge < -0.3 is 0 Å². The van der Waals surface area contributed by atoms with Gasteiger partial charge in [0.2, 0.25) is 20.0 Å². The number of hydrogen-bond donors (Lipinski definition) is 1. The monoisotopic (exact) mass is 353 g/mol. The Morgan fingerprint density at radius 2 is 1.86 bits per heavy atom. The highest BCUT2D eigenvalue weighted by atomic mass is 32.2. The van der Waals surface area contributed by atoms with Crippen LogP contribution in [-0.4, -0.2) is 71.6 Å². The van der Waals surface area contributed by atoms with Gasteiger partial charge in [0.1, 0.15) is 4.21 Å². The first-order chi connectivity index (χ1) is 9.79. The molecule has 0 saturated carbocycles. The molecule has 2 rings (SSSR count). The highest BCUT2D eigenvalue weighted by Crippen LogP contribution is 2.15. The lowest BCUT2D eigenvalue weighted by Crippen LogP contribution is -2.49. The second-order valence-corrected chi connectivity index (χ2v) is 9.76. The molecule has 0 aliphatic carbocycles. The molecule has 2 heterocycles. The SMILES string of the molecule is CS(=O)(=O)N1CCN(CCNS(=O)(=O)c2cccs2)CC1. The van der Waals surface area contributed by atoms with Crippen LogP contribution in [0.15, 0.2) is 21.7 Å². The van der Waals surface area contributed by atoms with E-state index in [4.69, 9.17) is 0 Å². The molecule has 1 saturated heterocycles. The Hall–Kier alpha value is -0.520. The van der Waals surface area contributed by atoms with Crippen LogP contribution in [-0.2, 0) is 20.0 Å². The third kappa shape index (κ3) is 4.73. The Bertz CT molecular complexity index is 647. The molecule has 0 spiro atoms. The molecule has 0 amide bonds. The van der Waals surface area contributed by atoms with Crippen molar-refractivity contribution in [2.45, 2.75) is 4.21 Å². The van der Waals surface area contributed by atoms with E-state index in [1.165, 1.54) is 21.9 Å². The Balaban J connectivity index is 1.76. The minimum Gasteiger partial charge on any atom is -0.299 e. The predicted molar refractivity (Wildman–Crippen MR) is 82.4 cm³/mol. The van der Waals surface area contributed by atoms with Crippen molar-refractivity contribution in [1.29, 1.82) is 0 Å². The molecule has 1 aromatic heterocycles. The van der Waals surface area contributed by atoms with Crippen molar-refractivity contribution in [3.05, 3.63) is 17.5 Å². The molecular weight excluding hydrogens is 334 g/mol. The third-order valence-corrected chi connectivity index (χ3v) is 7.44. The van der Waals surface area contributed by atoms with Gasteiger partial charge in [0.15, 0.2) is 0 Å². The van der Waals surface area contributed by atoms with Crippen molar-refractivity contribution in [3.63, 3.8) is 0 Å². The lowest BCUT2D eigenvalue weighted by Gasteiger charge is -2.33. The van der Waals surface area contributed by atoms with Gasteiger partial charge in [0, 0.05) is 39.3 Å². The smallest absolute Gasteiger partial charge is 0.250 e. The molecular formula is C11H19N3O4S3. The molecule has 1 N–H and O–H groups in total. The fourth-order valence-corrected chi connectivity index (χ4v) is 5.00. The molecule has 7 nitrogen and oxygen atoms in total. The number of piperazine rings is 1. The Morgan fingerprint density at radius 3 is 2.38 bits per heavy atom. The average Bonchev–Trinajstić information content (AvgIpc) is 2.92. The van der Waals surface area contributed by atoms with Crippen LogP contribution in [0.1, 0.15) is 0 Å². The summed E-state index contributed by atoms with van der Waals surface area (Å²) in [5.41, 5.74) is 0. The topological polar surface area (TPSA) is 86.8 Å². The van der Waals surface area contributed by atoms with Gasteiger partial charge in [-0.2, -0.15) is 4.31 Å². The molecule has 0 atom stereocenters. The number of nitrogens with zero attached hydrogens (tertiary/aromatic N) is 2. The van der Waals surface area contributed by atoms with E-state index in [9.17, 15) is 16.8 Å². The maximum Gasteiger partial charge on any atom is 0.250 e. The zero-order valence-corrected chi connectivity index (χ0v) is 14.2. The fourth-order valence-electron chi connectivity index (χ4n) is 2.11. The van der Waals surface area contributed by atoms with Gasteiger partial charge in [0.25, 0.3) is 0 Å². The summed E-state index contributed by atoms with van der Waals surface area (Å²) >= 11 is 1.18. The Labute approximate surface area is 129 Å².